The first-order valence-corrected chi connectivity index (χ1v) is 9.80. The van der Waals surface area contributed by atoms with Crippen LogP contribution in [0.3, 0.4) is 0 Å². The average Bonchev–Trinajstić information content (AvgIpc) is 2.91. The molecule has 0 unspecified atom stereocenters. The maximum absolute atomic E-state index is 5.54. The van der Waals surface area contributed by atoms with Gasteiger partial charge in [-0.15, -0.1) is 0 Å². The van der Waals surface area contributed by atoms with Gasteiger partial charge in [0, 0.05) is 32.4 Å². The molecule has 3 nitrogen and oxygen atoms in total. The van der Waals surface area contributed by atoms with Crippen LogP contribution < -0.4 is 4.74 Å². The second kappa shape index (κ2) is 8.08. The van der Waals surface area contributed by atoms with Gasteiger partial charge in [0.25, 0.3) is 0 Å². The Morgan fingerprint density at radius 2 is 1.77 bits per heavy atom. The lowest BCUT2D eigenvalue weighted by molar-refractivity contribution is 0.340. The standard InChI is InChI=1S/C22H23IN2O/c1-5-26-21-9-7-20(8-10-21)25-16(3)13-18(17(25)4)14-24-19-6-11-22(23)15(2)12-19/h6-14H,5H2,1-4H3. The number of hydrogen-bond donors (Lipinski definition) is 0. The highest BCUT2D eigenvalue weighted by Gasteiger charge is 2.09. The molecule has 0 atom stereocenters. The molecule has 134 valence electrons. The van der Waals surface area contributed by atoms with Crippen LogP contribution in [0.1, 0.15) is 29.4 Å². The van der Waals surface area contributed by atoms with Gasteiger partial charge in [-0.25, -0.2) is 0 Å². The summed E-state index contributed by atoms with van der Waals surface area (Å²) in [5, 5.41) is 0. The number of aliphatic imine (C=N–C) groups is 1. The third kappa shape index (κ3) is 4.01. The van der Waals surface area contributed by atoms with Gasteiger partial charge in [0.15, 0.2) is 0 Å². The molecule has 4 heteroatoms. The van der Waals surface area contributed by atoms with Crippen LogP contribution in [0.15, 0.2) is 53.5 Å². The topological polar surface area (TPSA) is 26.5 Å². The van der Waals surface area contributed by atoms with E-state index in [0.29, 0.717) is 6.61 Å². The maximum atomic E-state index is 5.54. The second-order valence-electron chi connectivity index (χ2n) is 6.28. The fourth-order valence-electron chi connectivity index (χ4n) is 3.03. The summed E-state index contributed by atoms with van der Waals surface area (Å²) in [4.78, 5) is 4.66. The van der Waals surface area contributed by atoms with Crippen molar-refractivity contribution in [2.24, 2.45) is 4.99 Å². The summed E-state index contributed by atoms with van der Waals surface area (Å²) in [6, 6.07) is 16.7. The van der Waals surface area contributed by atoms with Gasteiger partial charge in [-0.1, -0.05) is 0 Å². The van der Waals surface area contributed by atoms with Gasteiger partial charge >= 0.3 is 0 Å². The lowest BCUT2D eigenvalue weighted by atomic mass is 10.2. The minimum absolute atomic E-state index is 0.680. The zero-order chi connectivity index (χ0) is 18.7. The molecule has 0 amide bonds. The van der Waals surface area contributed by atoms with E-state index in [4.69, 9.17) is 4.74 Å². The van der Waals surface area contributed by atoms with E-state index in [-0.39, 0.29) is 0 Å². The van der Waals surface area contributed by atoms with Crippen LogP contribution >= 0.6 is 22.6 Å². The first-order valence-electron chi connectivity index (χ1n) is 8.72. The number of aromatic nitrogens is 1. The van der Waals surface area contributed by atoms with E-state index < -0.39 is 0 Å². The Balaban J connectivity index is 1.90. The van der Waals surface area contributed by atoms with Crippen molar-refractivity contribution >= 4 is 34.5 Å². The van der Waals surface area contributed by atoms with Crippen LogP contribution in [0.2, 0.25) is 0 Å². The summed E-state index contributed by atoms with van der Waals surface area (Å²) in [5.41, 5.74) is 6.86. The molecule has 0 aliphatic rings. The molecule has 0 N–H and O–H groups in total. The van der Waals surface area contributed by atoms with Gasteiger partial charge in [-0.2, -0.15) is 0 Å². The maximum Gasteiger partial charge on any atom is 0.119 e. The van der Waals surface area contributed by atoms with Gasteiger partial charge < -0.3 is 9.30 Å². The number of ether oxygens (including phenoxy) is 1. The molecule has 1 aromatic heterocycles. The van der Waals surface area contributed by atoms with Crippen LogP contribution in [-0.2, 0) is 0 Å². The van der Waals surface area contributed by atoms with Gasteiger partial charge in [-0.05, 0) is 104 Å². The SMILES string of the molecule is CCOc1ccc(-n2c(C)cc(C=Nc3ccc(I)c(C)c3)c2C)cc1. The zero-order valence-corrected chi connectivity index (χ0v) is 17.7. The Kier molecular flexibility index (Phi) is 5.81. The molecule has 3 rings (SSSR count). The summed E-state index contributed by atoms with van der Waals surface area (Å²) in [6.45, 7) is 9.03. The summed E-state index contributed by atoms with van der Waals surface area (Å²) in [5.74, 6) is 0.898. The predicted octanol–water partition coefficient (Wildman–Crippen LogP) is 6.16. The van der Waals surface area contributed by atoms with Gasteiger partial charge in [0.2, 0.25) is 0 Å². The van der Waals surface area contributed by atoms with Crippen molar-refractivity contribution in [3.8, 4) is 11.4 Å². The van der Waals surface area contributed by atoms with E-state index in [0.717, 1.165) is 22.7 Å². The average molecular weight is 458 g/mol. The number of rotatable bonds is 5. The number of benzene rings is 2. The molecule has 2 aromatic carbocycles. The lowest BCUT2D eigenvalue weighted by Crippen LogP contribution is -2.00. The van der Waals surface area contributed by atoms with Crippen LogP contribution in [0, 0.1) is 24.3 Å². The first-order chi connectivity index (χ1) is 12.5. The largest absolute Gasteiger partial charge is 0.494 e. The fourth-order valence-corrected chi connectivity index (χ4v) is 3.36. The normalized spacial score (nSPS) is 11.3. The van der Waals surface area contributed by atoms with E-state index >= 15 is 0 Å². The van der Waals surface area contributed by atoms with E-state index in [1.807, 2.05) is 25.3 Å². The number of aryl methyl sites for hydroxylation is 2. The minimum Gasteiger partial charge on any atom is -0.494 e. The predicted molar refractivity (Wildman–Crippen MR) is 118 cm³/mol. The van der Waals surface area contributed by atoms with E-state index in [1.165, 1.54) is 20.5 Å². The summed E-state index contributed by atoms with van der Waals surface area (Å²) < 4.78 is 9.04. The highest BCUT2D eigenvalue weighted by molar-refractivity contribution is 14.1. The molecule has 0 aliphatic heterocycles. The van der Waals surface area contributed by atoms with E-state index in [2.05, 4.69) is 89.3 Å². The third-order valence-electron chi connectivity index (χ3n) is 4.37. The Bertz CT molecular complexity index is 940. The summed E-state index contributed by atoms with van der Waals surface area (Å²) in [7, 11) is 0. The quantitative estimate of drug-likeness (QED) is 0.333. The molecule has 0 aliphatic carbocycles. The highest BCUT2D eigenvalue weighted by atomic mass is 127. The monoisotopic (exact) mass is 458 g/mol. The number of nitrogens with zero attached hydrogens (tertiary/aromatic N) is 2. The lowest BCUT2D eigenvalue weighted by Gasteiger charge is -2.11. The van der Waals surface area contributed by atoms with Crippen LogP contribution in [0.5, 0.6) is 5.75 Å². The molecular formula is C22H23IN2O. The molecule has 0 radical (unpaired) electrons. The van der Waals surface area contributed by atoms with Crippen molar-refractivity contribution in [3.63, 3.8) is 0 Å². The molecule has 3 aromatic rings. The van der Waals surface area contributed by atoms with Gasteiger partial charge in [0.1, 0.15) is 5.75 Å². The minimum atomic E-state index is 0.680. The van der Waals surface area contributed by atoms with Crippen molar-refractivity contribution < 1.29 is 4.74 Å². The molecule has 1 heterocycles. The molecule has 0 bridgehead atoms. The highest BCUT2D eigenvalue weighted by Crippen LogP contribution is 2.23. The molecule has 26 heavy (non-hydrogen) atoms. The summed E-state index contributed by atoms with van der Waals surface area (Å²) >= 11 is 2.34. The molecule has 0 spiro atoms. The van der Waals surface area contributed by atoms with Crippen LogP contribution in [0.4, 0.5) is 5.69 Å². The summed E-state index contributed by atoms with van der Waals surface area (Å²) in [6.07, 6.45) is 1.95. The van der Waals surface area contributed by atoms with Crippen molar-refractivity contribution in [2.75, 3.05) is 6.61 Å². The number of halogens is 1. The van der Waals surface area contributed by atoms with Crippen molar-refractivity contribution in [2.45, 2.75) is 27.7 Å². The Morgan fingerprint density at radius 1 is 1.04 bits per heavy atom. The molecule has 0 fully saturated rings. The Morgan fingerprint density at radius 3 is 2.42 bits per heavy atom. The molecule has 0 saturated carbocycles. The van der Waals surface area contributed by atoms with Gasteiger partial charge in [-0.3, -0.25) is 4.99 Å². The smallest absolute Gasteiger partial charge is 0.119 e. The number of hydrogen-bond acceptors (Lipinski definition) is 2. The Hall–Kier alpha value is -2.08. The fraction of sp³-hybridized carbons (Fsp3) is 0.227. The third-order valence-corrected chi connectivity index (χ3v) is 5.58. The first kappa shape index (κ1) is 18.7. The van der Waals surface area contributed by atoms with Crippen LogP contribution in [0.25, 0.3) is 5.69 Å². The zero-order valence-electron chi connectivity index (χ0n) is 15.6. The van der Waals surface area contributed by atoms with E-state index in [9.17, 15) is 0 Å². The second-order valence-corrected chi connectivity index (χ2v) is 7.44. The Labute approximate surface area is 168 Å². The molecule has 0 saturated heterocycles. The van der Waals surface area contributed by atoms with Gasteiger partial charge in [0.05, 0.1) is 12.3 Å². The van der Waals surface area contributed by atoms with Crippen molar-refractivity contribution in [1.82, 2.24) is 4.57 Å². The molecular weight excluding hydrogens is 435 g/mol. The van der Waals surface area contributed by atoms with Crippen molar-refractivity contribution in [3.05, 3.63) is 74.6 Å². The van der Waals surface area contributed by atoms with Crippen LogP contribution in [-0.4, -0.2) is 17.4 Å². The van der Waals surface area contributed by atoms with E-state index in [1.54, 1.807) is 0 Å². The van der Waals surface area contributed by atoms with Crippen molar-refractivity contribution in [1.29, 1.82) is 0 Å².